The molecule has 0 radical (unpaired) electrons. The van der Waals surface area contributed by atoms with E-state index >= 15 is 0 Å². The maximum absolute atomic E-state index is 12.1. The molecule has 1 heterocycles. The first-order valence-corrected chi connectivity index (χ1v) is 8.26. The number of carbonyl (C=O) groups is 1. The Labute approximate surface area is 161 Å². The average molecular weight is 385 g/mol. The Morgan fingerprint density at radius 2 is 1.71 bits per heavy atom. The van der Waals surface area contributed by atoms with Gasteiger partial charge in [0.15, 0.2) is 18.1 Å². The zero-order valence-electron chi connectivity index (χ0n) is 15.6. The number of carbonyl (C=O) groups excluding carboxylic acids is 1. The number of amides is 1. The molecule has 9 heteroatoms. The first-order chi connectivity index (χ1) is 13.6. The summed E-state index contributed by atoms with van der Waals surface area (Å²) in [5, 5.41) is 10.3. The standard InChI is InChI=1S/C19H19N3O6/c1-24-12-8-9-14(25-2)13(10-12)18-21-22-19(28-18)20-17(23)11-27-16-7-5-4-6-15(16)26-3/h4-10H,11H2,1-3H3,(H,20,22,23). The summed E-state index contributed by atoms with van der Waals surface area (Å²) in [5.74, 6) is 1.83. The molecule has 0 aliphatic heterocycles. The summed E-state index contributed by atoms with van der Waals surface area (Å²) in [7, 11) is 4.60. The molecule has 0 atom stereocenters. The fourth-order valence-electron chi connectivity index (χ4n) is 2.40. The quantitative estimate of drug-likeness (QED) is 0.631. The number of nitrogens with zero attached hydrogens (tertiary/aromatic N) is 2. The second-order valence-corrected chi connectivity index (χ2v) is 5.47. The predicted octanol–water partition coefficient (Wildman–Crippen LogP) is 2.78. The van der Waals surface area contributed by atoms with Crippen LogP contribution in [0.15, 0.2) is 46.9 Å². The number of aromatic nitrogens is 2. The molecule has 1 aromatic heterocycles. The highest BCUT2D eigenvalue weighted by molar-refractivity contribution is 5.90. The van der Waals surface area contributed by atoms with Crippen molar-refractivity contribution in [2.24, 2.45) is 0 Å². The number of hydrogen-bond donors (Lipinski definition) is 1. The Hall–Kier alpha value is -3.75. The highest BCUT2D eigenvalue weighted by Crippen LogP contribution is 2.33. The fourth-order valence-corrected chi connectivity index (χ4v) is 2.40. The first kappa shape index (κ1) is 19.0. The lowest BCUT2D eigenvalue weighted by Gasteiger charge is -2.09. The Morgan fingerprint density at radius 1 is 0.964 bits per heavy atom. The van der Waals surface area contributed by atoms with E-state index in [1.165, 1.54) is 14.2 Å². The molecule has 9 nitrogen and oxygen atoms in total. The highest BCUT2D eigenvalue weighted by Gasteiger charge is 2.16. The lowest BCUT2D eigenvalue weighted by Crippen LogP contribution is -2.20. The van der Waals surface area contributed by atoms with Gasteiger partial charge in [-0.3, -0.25) is 10.1 Å². The van der Waals surface area contributed by atoms with Gasteiger partial charge in [-0.2, -0.15) is 0 Å². The maximum Gasteiger partial charge on any atom is 0.322 e. The zero-order valence-corrected chi connectivity index (χ0v) is 15.6. The molecular weight excluding hydrogens is 366 g/mol. The number of benzene rings is 2. The summed E-state index contributed by atoms with van der Waals surface area (Å²) in [5.41, 5.74) is 0.542. The number of rotatable bonds is 8. The zero-order chi connectivity index (χ0) is 19.9. The van der Waals surface area contributed by atoms with Crippen molar-refractivity contribution >= 4 is 11.9 Å². The van der Waals surface area contributed by atoms with Gasteiger partial charge in [0.05, 0.1) is 26.9 Å². The summed E-state index contributed by atoms with van der Waals surface area (Å²) < 4.78 is 26.6. The number of anilines is 1. The SMILES string of the molecule is COc1ccc(OC)c(-c2nnc(NC(=O)COc3ccccc3OC)o2)c1. The largest absolute Gasteiger partial charge is 0.497 e. The molecule has 0 saturated heterocycles. The molecule has 3 aromatic rings. The minimum absolute atomic E-state index is 0.0616. The molecule has 0 bridgehead atoms. The minimum atomic E-state index is -0.460. The van der Waals surface area contributed by atoms with E-state index in [0.29, 0.717) is 28.6 Å². The van der Waals surface area contributed by atoms with Crippen LogP contribution in [0.1, 0.15) is 0 Å². The molecule has 2 aromatic carbocycles. The van der Waals surface area contributed by atoms with Crippen LogP contribution in [0.2, 0.25) is 0 Å². The molecular formula is C19H19N3O6. The Balaban J connectivity index is 1.67. The highest BCUT2D eigenvalue weighted by atomic mass is 16.5. The summed E-state index contributed by atoms with van der Waals surface area (Å²) in [6, 6.07) is 12.1. The molecule has 0 aliphatic rings. The van der Waals surface area contributed by atoms with Gasteiger partial charge in [-0.15, -0.1) is 5.10 Å². The lowest BCUT2D eigenvalue weighted by molar-refractivity contribution is -0.118. The molecule has 1 amide bonds. The second kappa shape index (κ2) is 8.76. The molecule has 1 N–H and O–H groups in total. The van der Waals surface area contributed by atoms with Gasteiger partial charge < -0.3 is 23.4 Å². The molecule has 0 saturated carbocycles. The second-order valence-electron chi connectivity index (χ2n) is 5.47. The average Bonchev–Trinajstić information content (AvgIpc) is 3.20. The maximum atomic E-state index is 12.1. The number of methoxy groups -OCH3 is 3. The van der Waals surface area contributed by atoms with Crippen LogP contribution in [-0.2, 0) is 4.79 Å². The molecule has 0 spiro atoms. The third-order valence-corrected chi connectivity index (χ3v) is 3.74. The van der Waals surface area contributed by atoms with Gasteiger partial charge in [0.25, 0.3) is 11.8 Å². The van der Waals surface area contributed by atoms with Crippen LogP contribution < -0.4 is 24.3 Å². The molecule has 0 unspecified atom stereocenters. The van der Waals surface area contributed by atoms with Crippen LogP contribution in [0, 0.1) is 0 Å². The van der Waals surface area contributed by atoms with Crippen molar-refractivity contribution in [2.75, 3.05) is 33.3 Å². The molecule has 3 rings (SSSR count). The van der Waals surface area contributed by atoms with Crippen molar-refractivity contribution in [3.63, 3.8) is 0 Å². The van der Waals surface area contributed by atoms with E-state index in [-0.39, 0.29) is 18.5 Å². The van der Waals surface area contributed by atoms with Crippen LogP contribution in [0.4, 0.5) is 6.01 Å². The topological polar surface area (TPSA) is 105 Å². The molecule has 28 heavy (non-hydrogen) atoms. The van der Waals surface area contributed by atoms with E-state index in [2.05, 4.69) is 15.5 Å². The first-order valence-electron chi connectivity index (χ1n) is 8.26. The Morgan fingerprint density at radius 3 is 2.43 bits per heavy atom. The van der Waals surface area contributed by atoms with Crippen molar-refractivity contribution in [3.8, 4) is 34.5 Å². The van der Waals surface area contributed by atoms with Crippen molar-refractivity contribution < 1.29 is 28.2 Å². The van der Waals surface area contributed by atoms with E-state index in [9.17, 15) is 4.79 Å². The van der Waals surface area contributed by atoms with Crippen LogP contribution in [-0.4, -0.2) is 44.0 Å². The van der Waals surface area contributed by atoms with Gasteiger partial charge >= 0.3 is 6.01 Å². The predicted molar refractivity (Wildman–Crippen MR) is 100.0 cm³/mol. The van der Waals surface area contributed by atoms with Gasteiger partial charge in [-0.05, 0) is 30.3 Å². The summed E-state index contributed by atoms with van der Waals surface area (Å²) >= 11 is 0. The summed E-state index contributed by atoms with van der Waals surface area (Å²) in [6.45, 7) is -0.249. The monoisotopic (exact) mass is 385 g/mol. The van der Waals surface area contributed by atoms with Crippen LogP contribution >= 0.6 is 0 Å². The van der Waals surface area contributed by atoms with Gasteiger partial charge in [-0.1, -0.05) is 17.2 Å². The van der Waals surface area contributed by atoms with Gasteiger partial charge in [0.1, 0.15) is 11.5 Å². The number of hydrogen-bond acceptors (Lipinski definition) is 8. The third-order valence-electron chi connectivity index (χ3n) is 3.74. The fraction of sp³-hybridized carbons (Fsp3) is 0.211. The van der Waals surface area contributed by atoms with E-state index in [1.54, 1.807) is 49.6 Å². The van der Waals surface area contributed by atoms with Crippen LogP contribution in [0.25, 0.3) is 11.5 Å². The Bertz CT molecular complexity index is 956. The van der Waals surface area contributed by atoms with E-state index in [4.69, 9.17) is 23.4 Å². The third kappa shape index (κ3) is 4.32. The van der Waals surface area contributed by atoms with Crippen molar-refractivity contribution in [2.45, 2.75) is 0 Å². The van der Waals surface area contributed by atoms with Crippen molar-refractivity contribution in [1.82, 2.24) is 10.2 Å². The van der Waals surface area contributed by atoms with Gasteiger partial charge in [0, 0.05) is 0 Å². The Kier molecular flexibility index (Phi) is 5.95. The number of ether oxygens (including phenoxy) is 4. The molecule has 0 fully saturated rings. The van der Waals surface area contributed by atoms with Gasteiger partial charge in [-0.25, -0.2) is 0 Å². The van der Waals surface area contributed by atoms with Crippen LogP contribution in [0.3, 0.4) is 0 Å². The van der Waals surface area contributed by atoms with E-state index in [0.717, 1.165) is 0 Å². The lowest BCUT2D eigenvalue weighted by atomic mass is 10.2. The number of para-hydroxylation sites is 2. The van der Waals surface area contributed by atoms with Crippen LogP contribution in [0.5, 0.6) is 23.0 Å². The van der Waals surface area contributed by atoms with Crippen molar-refractivity contribution in [3.05, 3.63) is 42.5 Å². The van der Waals surface area contributed by atoms with E-state index in [1.807, 2.05) is 0 Å². The minimum Gasteiger partial charge on any atom is -0.497 e. The molecule has 0 aliphatic carbocycles. The normalized spacial score (nSPS) is 10.2. The van der Waals surface area contributed by atoms with Gasteiger partial charge in [0.2, 0.25) is 0 Å². The number of nitrogens with one attached hydrogen (secondary N) is 1. The summed E-state index contributed by atoms with van der Waals surface area (Å²) in [6.07, 6.45) is 0. The summed E-state index contributed by atoms with van der Waals surface area (Å²) in [4.78, 5) is 12.1. The van der Waals surface area contributed by atoms with Crippen molar-refractivity contribution in [1.29, 1.82) is 0 Å². The van der Waals surface area contributed by atoms with E-state index < -0.39 is 5.91 Å². The molecule has 146 valence electrons. The smallest absolute Gasteiger partial charge is 0.322 e.